The molecule has 158 valence electrons. The molecule has 2 aromatic carbocycles. The molecule has 0 saturated heterocycles. The van der Waals surface area contributed by atoms with E-state index in [1.165, 1.54) is 46.5 Å². The van der Waals surface area contributed by atoms with Crippen molar-refractivity contribution in [3.05, 3.63) is 41.4 Å². The Kier molecular flexibility index (Phi) is 7.21. The lowest BCUT2D eigenvalue weighted by Crippen LogP contribution is -2.45. The van der Waals surface area contributed by atoms with Crippen LogP contribution in [0, 0.1) is 0 Å². The number of rotatable bonds is 8. The Hall–Kier alpha value is -2.65. The molecule has 0 aromatic heterocycles. The Bertz CT molecular complexity index is 996. The second-order valence-electron chi connectivity index (χ2n) is 6.11. The van der Waals surface area contributed by atoms with Crippen LogP contribution in [0.2, 0.25) is 5.02 Å². The van der Waals surface area contributed by atoms with Crippen LogP contribution < -0.4 is 23.8 Å². The van der Waals surface area contributed by atoms with Crippen molar-refractivity contribution in [2.45, 2.75) is 13.0 Å². The van der Waals surface area contributed by atoms with Crippen LogP contribution in [0.3, 0.4) is 0 Å². The maximum absolute atomic E-state index is 12.9. The van der Waals surface area contributed by atoms with Crippen LogP contribution in [0.4, 0.5) is 11.4 Å². The van der Waals surface area contributed by atoms with Gasteiger partial charge in [-0.15, -0.1) is 0 Å². The molecule has 0 unspecified atom stereocenters. The number of nitrogens with one attached hydrogen (secondary N) is 1. The molecule has 1 N–H and O–H groups in total. The molecule has 0 aliphatic rings. The molecular formula is C19H23ClN2O6S. The number of benzene rings is 2. The molecule has 0 spiro atoms. The summed E-state index contributed by atoms with van der Waals surface area (Å²) in [7, 11) is 0.560. The fourth-order valence-corrected chi connectivity index (χ4v) is 4.12. The first kappa shape index (κ1) is 22.6. The van der Waals surface area contributed by atoms with E-state index < -0.39 is 22.0 Å². The third-order valence-electron chi connectivity index (χ3n) is 4.13. The smallest absolute Gasteiger partial charge is 0.248 e. The first-order valence-electron chi connectivity index (χ1n) is 8.48. The average Bonchev–Trinajstić information content (AvgIpc) is 2.67. The van der Waals surface area contributed by atoms with Gasteiger partial charge in [-0.05, 0) is 37.3 Å². The van der Waals surface area contributed by atoms with E-state index in [4.69, 9.17) is 25.8 Å². The normalized spacial score (nSPS) is 12.1. The van der Waals surface area contributed by atoms with Crippen molar-refractivity contribution in [2.24, 2.45) is 0 Å². The minimum Gasteiger partial charge on any atom is -0.495 e. The van der Waals surface area contributed by atoms with Gasteiger partial charge < -0.3 is 19.5 Å². The molecule has 10 heteroatoms. The summed E-state index contributed by atoms with van der Waals surface area (Å²) in [6.07, 6.45) is 1.02. The van der Waals surface area contributed by atoms with Gasteiger partial charge in [-0.1, -0.05) is 11.6 Å². The highest BCUT2D eigenvalue weighted by Crippen LogP contribution is 2.34. The van der Waals surface area contributed by atoms with E-state index in [0.717, 1.165) is 10.6 Å². The minimum absolute atomic E-state index is 0.255. The van der Waals surface area contributed by atoms with E-state index in [-0.39, 0.29) is 5.69 Å². The Morgan fingerprint density at radius 2 is 1.59 bits per heavy atom. The summed E-state index contributed by atoms with van der Waals surface area (Å²) in [6.45, 7) is 1.48. The molecule has 1 amide bonds. The van der Waals surface area contributed by atoms with E-state index in [1.54, 1.807) is 18.2 Å². The van der Waals surface area contributed by atoms with Crippen molar-refractivity contribution < 1.29 is 27.4 Å². The summed E-state index contributed by atoms with van der Waals surface area (Å²) in [5.74, 6) is 0.603. The van der Waals surface area contributed by atoms with Gasteiger partial charge in [0.05, 0.1) is 39.0 Å². The van der Waals surface area contributed by atoms with Gasteiger partial charge >= 0.3 is 0 Å². The first-order chi connectivity index (χ1) is 13.6. The van der Waals surface area contributed by atoms with Gasteiger partial charge in [-0.2, -0.15) is 0 Å². The molecule has 0 aliphatic heterocycles. The van der Waals surface area contributed by atoms with Gasteiger partial charge in [0.25, 0.3) is 0 Å². The Labute approximate surface area is 175 Å². The van der Waals surface area contributed by atoms with Crippen molar-refractivity contribution in [3.63, 3.8) is 0 Å². The maximum atomic E-state index is 12.9. The minimum atomic E-state index is -3.80. The Balaban J connectivity index is 2.41. The summed E-state index contributed by atoms with van der Waals surface area (Å²) in [5, 5.41) is 3.06. The number of hydrogen-bond donors (Lipinski definition) is 1. The van der Waals surface area contributed by atoms with Crippen LogP contribution in [0.15, 0.2) is 36.4 Å². The number of carbonyl (C=O) groups is 1. The molecule has 8 nitrogen and oxygen atoms in total. The molecular weight excluding hydrogens is 420 g/mol. The molecule has 0 aliphatic carbocycles. The average molecular weight is 443 g/mol. The van der Waals surface area contributed by atoms with Crippen molar-refractivity contribution in [2.75, 3.05) is 37.2 Å². The third-order valence-corrected chi connectivity index (χ3v) is 5.61. The Morgan fingerprint density at radius 1 is 1.00 bits per heavy atom. The lowest BCUT2D eigenvalue weighted by atomic mass is 10.2. The molecule has 0 saturated carbocycles. The van der Waals surface area contributed by atoms with Crippen LogP contribution in [-0.4, -0.2) is 48.0 Å². The number of methoxy groups -OCH3 is 3. The van der Waals surface area contributed by atoms with Crippen molar-refractivity contribution in [1.29, 1.82) is 0 Å². The van der Waals surface area contributed by atoms with Crippen molar-refractivity contribution in [3.8, 4) is 17.2 Å². The fraction of sp³-hybridized carbons (Fsp3) is 0.316. The second kappa shape index (κ2) is 9.23. The molecule has 0 bridgehead atoms. The van der Waals surface area contributed by atoms with Gasteiger partial charge in [0.2, 0.25) is 15.9 Å². The highest BCUT2D eigenvalue weighted by atomic mass is 35.5. The van der Waals surface area contributed by atoms with Gasteiger partial charge in [-0.25, -0.2) is 8.42 Å². The van der Waals surface area contributed by atoms with Gasteiger partial charge in [0.15, 0.2) is 11.5 Å². The zero-order valence-electron chi connectivity index (χ0n) is 16.7. The van der Waals surface area contributed by atoms with E-state index >= 15 is 0 Å². The topological polar surface area (TPSA) is 94.2 Å². The molecule has 2 rings (SSSR count). The largest absolute Gasteiger partial charge is 0.495 e. The highest BCUT2D eigenvalue weighted by Gasteiger charge is 2.30. The number of hydrogen-bond acceptors (Lipinski definition) is 6. The summed E-state index contributed by atoms with van der Waals surface area (Å²) >= 11 is 5.99. The molecule has 1 atom stereocenters. The second-order valence-corrected chi connectivity index (χ2v) is 8.40. The van der Waals surface area contributed by atoms with Crippen LogP contribution in [0.1, 0.15) is 6.92 Å². The van der Waals surface area contributed by atoms with Crippen LogP contribution in [-0.2, 0) is 14.8 Å². The van der Waals surface area contributed by atoms with Gasteiger partial charge in [-0.3, -0.25) is 9.10 Å². The summed E-state index contributed by atoms with van der Waals surface area (Å²) in [6, 6.07) is 8.25. The van der Waals surface area contributed by atoms with E-state index in [2.05, 4.69) is 5.32 Å². The van der Waals surface area contributed by atoms with E-state index in [0.29, 0.717) is 28.0 Å². The highest BCUT2D eigenvalue weighted by molar-refractivity contribution is 7.92. The van der Waals surface area contributed by atoms with Crippen molar-refractivity contribution in [1.82, 2.24) is 0 Å². The predicted octanol–water partition coefficient (Wildman–Crippen LogP) is 3.16. The number of anilines is 2. The number of carbonyl (C=O) groups excluding carboxylic acids is 1. The van der Waals surface area contributed by atoms with Gasteiger partial charge in [0.1, 0.15) is 11.8 Å². The third kappa shape index (κ3) is 5.24. The molecule has 0 heterocycles. The summed E-state index contributed by atoms with van der Waals surface area (Å²) < 4.78 is 41.6. The van der Waals surface area contributed by atoms with Crippen molar-refractivity contribution >= 4 is 38.9 Å². The lowest BCUT2D eigenvalue weighted by molar-refractivity contribution is -0.116. The van der Waals surface area contributed by atoms with Gasteiger partial charge in [0, 0.05) is 11.1 Å². The standard InChI is InChI=1S/C19H23ClN2O6S/c1-12(19(23)21-15-10-13(20)6-8-16(15)26-2)22(29(5,24)25)14-7-9-17(27-3)18(11-14)28-4/h6-12H,1-5H3,(H,21,23)/t12-/m0/s1. The maximum Gasteiger partial charge on any atom is 0.248 e. The zero-order chi connectivity index (χ0) is 21.8. The lowest BCUT2D eigenvalue weighted by Gasteiger charge is -2.29. The molecule has 29 heavy (non-hydrogen) atoms. The zero-order valence-corrected chi connectivity index (χ0v) is 18.3. The number of ether oxygens (including phenoxy) is 3. The molecule has 0 fully saturated rings. The summed E-state index contributed by atoms with van der Waals surface area (Å²) in [5.41, 5.74) is 0.587. The van der Waals surface area contributed by atoms with Crippen LogP contribution >= 0.6 is 11.6 Å². The number of nitrogens with zero attached hydrogens (tertiary/aromatic N) is 1. The molecule has 0 radical (unpaired) electrons. The first-order valence-corrected chi connectivity index (χ1v) is 10.7. The predicted molar refractivity (Wildman–Crippen MR) is 113 cm³/mol. The number of sulfonamides is 1. The Morgan fingerprint density at radius 3 is 2.14 bits per heavy atom. The van der Waals surface area contributed by atoms with Crippen LogP contribution in [0.5, 0.6) is 17.2 Å². The number of halogens is 1. The van der Waals surface area contributed by atoms with E-state index in [9.17, 15) is 13.2 Å². The molecule has 2 aromatic rings. The monoisotopic (exact) mass is 442 g/mol. The van der Waals surface area contributed by atoms with E-state index in [1.807, 2.05) is 0 Å². The SMILES string of the molecule is COc1ccc(Cl)cc1NC(=O)[C@H](C)N(c1ccc(OC)c(OC)c1)S(C)(=O)=O. The van der Waals surface area contributed by atoms with Crippen LogP contribution in [0.25, 0.3) is 0 Å². The summed E-state index contributed by atoms with van der Waals surface area (Å²) in [4.78, 5) is 12.9. The fourth-order valence-electron chi connectivity index (χ4n) is 2.79. The number of amides is 1. The quantitative estimate of drug-likeness (QED) is 0.674.